The van der Waals surface area contributed by atoms with Gasteiger partial charge in [0.2, 0.25) is 5.91 Å². The predicted molar refractivity (Wildman–Crippen MR) is 70.7 cm³/mol. The summed E-state index contributed by atoms with van der Waals surface area (Å²) in [5.41, 5.74) is -0.00214. The number of carbonyl (C=O) groups is 2. The Hall–Kier alpha value is -2.05. The maximum Gasteiger partial charge on any atom is 0.315 e. The van der Waals surface area contributed by atoms with E-state index in [1.165, 1.54) is 0 Å². The molecule has 3 N–H and O–H groups in total. The Kier molecular flexibility index (Phi) is 4.91. The second-order valence-corrected chi connectivity index (χ2v) is 5.47. The number of hydrogen-bond acceptors (Lipinski definition) is 4. The zero-order valence-electron chi connectivity index (χ0n) is 11.7. The highest BCUT2D eigenvalue weighted by Crippen LogP contribution is 2.09. The summed E-state index contributed by atoms with van der Waals surface area (Å²) in [4.78, 5) is 22.9. The molecule has 1 aromatic rings. The highest BCUT2D eigenvalue weighted by Gasteiger charge is 2.12. The Balaban J connectivity index is 2.25. The van der Waals surface area contributed by atoms with E-state index in [1.807, 2.05) is 20.8 Å². The van der Waals surface area contributed by atoms with Crippen molar-refractivity contribution in [2.45, 2.75) is 27.7 Å². The minimum absolute atomic E-state index is 0.00214. The molecule has 0 aliphatic carbocycles. The summed E-state index contributed by atoms with van der Waals surface area (Å²) in [7, 11) is 0. The SMILES string of the molecule is Cc1cc(NC(=O)CNC(=O)NCC(C)(C)C)no1. The molecule has 3 amide bonds. The molecular formula is C12H20N4O3. The van der Waals surface area contributed by atoms with E-state index in [2.05, 4.69) is 21.1 Å². The fraction of sp³-hybridized carbons (Fsp3) is 0.583. The van der Waals surface area contributed by atoms with Crippen LogP contribution in [-0.4, -0.2) is 30.2 Å². The van der Waals surface area contributed by atoms with Crippen molar-refractivity contribution < 1.29 is 14.1 Å². The summed E-state index contributed by atoms with van der Waals surface area (Å²) < 4.78 is 4.80. The van der Waals surface area contributed by atoms with Crippen molar-refractivity contribution in [2.24, 2.45) is 5.41 Å². The smallest absolute Gasteiger partial charge is 0.315 e. The molecule has 0 aliphatic heterocycles. The molecular weight excluding hydrogens is 248 g/mol. The first-order chi connectivity index (χ1) is 8.76. The van der Waals surface area contributed by atoms with Gasteiger partial charge in [-0.2, -0.15) is 0 Å². The quantitative estimate of drug-likeness (QED) is 0.766. The van der Waals surface area contributed by atoms with Crippen LogP contribution in [0.5, 0.6) is 0 Å². The van der Waals surface area contributed by atoms with Crippen molar-refractivity contribution in [2.75, 3.05) is 18.4 Å². The van der Waals surface area contributed by atoms with Crippen LogP contribution >= 0.6 is 0 Å². The van der Waals surface area contributed by atoms with Crippen molar-refractivity contribution in [3.63, 3.8) is 0 Å². The summed E-state index contributed by atoms with van der Waals surface area (Å²) >= 11 is 0. The summed E-state index contributed by atoms with van der Waals surface area (Å²) in [6.45, 7) is 8.15. The standard InChI is InChI=1S/C12H20N4O3/c1-8-5-9(16-19-8)15-10(17)6-13-11(18)14-7-12(2,3)4/h5H,6-7H2,1-4H3,(H2,13,14,18)(H,15,16,17). The van der Waals surface area contributed by atoms with Gasteiger partial charge in [-0.1, -0.05) is 25.9 Å². The van der Waals surface area contributed by atoms with Crippen LogP contribution in [0.3, 0.4) is 0 Å². The summed E-state index contributed by atoms with van der Waals surface area (Å²) in [6, 6.07) is 1.22. The van der Waals surface area contributed by atoms with E-state index in [0.29, 0.717) is 18.1 Å². The number of rotatable bonds is 4. The molecule has 7 nitrogen and oxygen atoms in total. The average Bonchev–Trinajstić information content (AvgIpc) is 2.68. The first-order valence-corrected chi connectivity index (χ1v) is 6.01. The van der Waals surface area contributed by atoms with Crippen LogP contribution in [-0.2, 0) is 4.79 Å². The lowest BCUT2D eigenvalue weighted by Crippen LogP contribution is -2.42. The maximum absolute atomic E-state index is 11.5. The van der Waals surface area contributed by atoms with Crippen LogP contribution in [0.25, 0.3) is 0 Å². The normalized spacial score (nSPS) is 10.9. The first-order valence-electron chi connectivity index (χ1n) is 6.01. The molecule has 0 unspecified atom stereocenters. The molecule has 0 saturated heterocycles. The van der Waals surface area contributed by atoms with Gasteiger partial charge in [-0.3, -0.25) is 4.79 Å². The maximum atomic E-state index is 11.5. The molecule has 0 aliphatic rings. The number of carbonyl (C=O) groups excluding carboxylic acids is 2. The molecule has 0 fully saturated rings. The van der Waals surface area contributed by atoms with Crippen LogP contribution in [0.4, 0.5) is 10.6 Å². The van der Waals surface area contributed by atoms with Crippen molar-refractivity contribution in [1.29, 1.82) is 0 Å². The van der Waals surface area contributed by atoms with Crippen molar-refractivity contribution in [3.8, 4) is 0 Å². The fourth-order valence-corrected chi connectivity index (χ4v) is 1.18. The lowest BCUT2D eigenvalue weighted by molar-refractivity contribution is -0.115. The number of urea groups is 1. The van der Waals surface area contributed by atoms with Gasteiger partial charge >= 0.3 is 6.03 Å². The topological polar surface area (TPSA) is 96.3 Å². The third-order valence-electron chi connectivity index (χ3n) is 2.08. The minimum atomic E-state index is -0.374. The number of hydrogen-bond donors (Lipinski definition) is 3. The minimum Gasteiger partial charge on any atom is -0.360 e. The van der Waals surface area contributed by atoms with Gasteiger partial charge in [0.05, 0.1) is 6.54 Å². The fourth-order valence-electron chi connectivity index (χ4n) is 1.18. The van der Waals surface area contributed by atoms with Crippen LogP contribution in [0.1, 0.15) is 26.5 Å². The third kappa shape index (κ3) is 6.44. The van der Waals surface area contributed by atoms with Crippen LogP contribution in [0.15, 0.2) is 10.6 Å². The summed E-state index contributed by atoms with van der Waals surface area (Å²) in [6.07, 6.45) is 0. The Labute approximate surface area is 112 Å². The van der Waals surface area contributed by atoms with Crippen LogP contribution in [0, 0.1) is 12.3 Å². The molecule has 0 radical (unpaired) electrons. The van der Waals surface area contributed by atoms with Crippen molar-refractivity contribution >= 4 is 17.8 Å². The average molecular weight is 268 g/mol. The van der Waals surface area contributed by atoms with Gasteiger partial charge in [-0.15, -0.1) is 0 Å². The second-order valence-electron chi connectivity index (χ2n) is 5.47. The van der Waals surface area contributed by atoms with E-state index in [-0.39, 0.29) is 23.9 Å². The van der Waals surface area contributed by atoms with E-state index in [9.17, 15) is 9.59 Å². The van der Waals surface area contributed by atoms with Gasteiger partial charge in [0, 0.05) is 12.6 Å². The molecule has 0 saturated carbocycles. The highest BCUT2D eigenvalue weighted by molar-refractivity contribution is 5.93. The van der Waals surface area contributed by atoms with Gasteiger partial charge in [0.15, 0.2) is 5.82 Å². The Bertz CT molecular complexity index is 448. The lowest BCUT2D eigenvalue weighted by Gasteiger charge is -2.18. The Morgan fingerprint density at radius 2 is 2.00 bits per heavy atom. The van der Waals surface area contributed by atoms with E-state index >= 15 is 0 Å². The third-order valence-corrected chi connectivity index (χ3v) is 2.08. The van der Waals surface area contributed by atoms with Crippen LogP contribution < -0.4 is 16.0 Å². The van der Waals surface area contributed by atoms with E-state index in [4.69, 9.17) is 4.52 Å². The molecule has 19 heavy (non-hydrogen) atoms. The predicted octanol–water partition coefficient (Wildman–Crippen LogP) is 1.27. The number of aryl methyl sites for hydroxylation is 1. The molecule has 1 rings (SSSR count). The van der Waals surface area contributed by atoms with E-state index in [1.54, 1.807) is 13.0 Å². The van der Waals surface area contributed by atoms with Gasteiger partial charge < -0.3 is 20.5 Å². The zero-order valence-corrected chi connectivity index (χ0v) is 11.7. The molecule has 0 spiro atoms. The monoisotopic (exact) mass is 268 g/mol. The molecule has 1 heterocycles. The number of nitrogens with zero attached hydrogens (tertiary/aromatic N) is 1. The summed E-state index contributed by atoms with van der Waals surface area (Å²) in [5, 5.41) is 11.3. The molecule has 0 atom stereocenters. The zero-order chi connectivity index (χ0) is 14.5. The molecule has 1 aromatic heterocycles. The molecule has 106 valence electrons. The Morgan fingerprint density at radius 3 is 2.53 bits per heavy atom. The van der Waals surface area contributed by atoms with Gasteiger partial charge in [-0.05, 0) is 12.3 Å². The Morgan fingerprint density at radius 1 is 1.32 bits per heavy atom. The van der Waals surface area contributed by atoms with Gasteiger partial charge in [0.25, 0.3) is 0 Å². The number of amides is 3. The number of nitrogens with one attached hydrogen (secondary N) is 3. The highest BCUT2D eigenvalue weighted by atomic mass is 16.5. The molecule has 7 heteroatoms. The van der Waals surface area contributed by atoms with Gasteiger partial charge in [-0.25, -0.2) is 4.79 Å². The number of aromatic nitrogens is 1. The lowest BCUT2D eigenvalue weighted by atomic mass is 9.97. The molecule has 0 aromatic carbocycles. The van der Waals surface area contributed by atoms with E-state index in [0.717, 1.165) is 0 Å². The van der Waals surface area contributed by atoms with E-state index < -0.39 is 0 Å². The largest absolute Gasteiger partial charge is 0.360 e. The van der Waals surface area contributed by atoms with Gasteiger partial charge in [0.1, 0.15) is 5.76 Å². The van der Waals surface area contributed by atoms with Crippen LogP contribution in [0.2, 0.25) is 0 Å². The number of anilines is 1. The van der Waals surface area contributed by atoms with Crippen molar-refractivity contribution in [3.05, 3.63) is 11.8 Å². The molecule has 0 bridgehead atoms. The van der Waals surface area contributed by atoms with Crippen molar-refractivity contribution in [1.82, 2.24) is 15.8 Å². The first kappa shape index (κ1) is 15.0. The summed E-state index contributed by atoms with van der Waals surface area (Å²) in [5.74, 6) is 0.574. The second kappa shape index (κ2) is 6.21.